The zero-order valence-corrected chi connectivity index (χ0v) is 12.7. The van der Waals surface area contributed by atoms with Crippen LogP contribution in [0.25, 0.3) is 11.2 Å². The van der Waals surface area contributed by atoms with Crippen LogP contribution in [0.3, 0.4) is 0 Å². The Labute approximate surface area is 132 Å². The first kappa shape index (κ1) is 14.8. The van der Waals surface area contributed by atoms with Gasteiger partial charge in [-0.15, -0.1) is 0 Å². The van der Waals surface area contributed by atoms with Gasteiger partial charge in [0.05, 0.1) is 6.20 Å². The largest absolute Gasteiger partial charge is 0.446 e. The topological polar surface area (TPSA) is 94.2 Å². The first-order valence-electron chi connectivity index (χ1n) is 7.12. The van der Waals surface area contributed by atoms with Crippen molar-refractivity contribution in [3.63, 3.8) is 0 Å². The molecule has 0 aliphatic carbocycles. The van der Waals surface area contributed by atoms with Crippen LogP contribution in [0.1, 0.15) is 19.3 Å². The molecule has 22 heavy (non-hydrogen) atoms. The second-order valence-corrected chi connectivity index (χ2v) is 5.57. The van der Waals surface area contributed by atoms with E-state index in [0.29, 0.717) is 16.3 Å². The van der Waals surface area contributed by atoms with Crippen LogP contribution in [0, 0.1) is 0 Å². The van der Waals surface area contributed by atoms with E-state index in [4.69, 9.17) is 22.1 Å². The maximum atomic E-state index is 10.9. The number of carbonyl (C=O) groups excluding carboxylic acids is 1. The molecule has 1 aliphatic heterocycles. The number of aromatic nitrogens is 3. The molecule has 1 aliphatic rings. The molecule has 3 heterocycles. The van der Waals surface area contributed by atoms with E-state index in [-0.39, 0.29) is 6.10 Å². The SMILES string of the molecule is NC(=O)OC1CCCN(c2cnc3nc(Cl)ccc3n2)CC1. The molecular weight excluding hydrogens is 306 g/mol. The number of rotatable bonds is 2. The Balaban J connectivity index is 1.76. The summed E-state index contributed by atoms with van der Waals surface area (Å²) in [5.74, 6) is 0.788. The van der Waals surface area contributed by atoms with Crippen LogP contribution in [0.15, 0.2) is 18.3 Å². The summed E-state index contributed by atoms with van der Waals surface area (Å²) in [6.07, 6.45) is 3.28. The molecule has 0 bridgehead atoms. The van der Waals surface area contributed by atoms with Gasteiger partial charge in [-0.05, 0) is 25.0 Å². The van der Waals surface area contributed by atoms with Gasteiger partial charge in [0.15, 0.2) is 5.65 Å². The molecular formula is C14H16ClN5O2. The van der Waals surface area contributed by atoms with Gasteiger partial charge in [-0.25, -0.2) is 19.7 Å². The van der Waals surface area contributed by atoms with E-state index in [2.05, 4.69) is 19.9 Å². The van der Waals surface area contributed by atoms with Gasteiger partial charge in [-0.1, -0.05) is 11.6 Å². The predicted molar refractivity (Wildman–Crippen MR) is 82.9 cm³/mol. The lowest BCUT2D eigenvalue weighted by Gasteiger charge is -2.21. The summed E-state index contributed by atoms with van der Waals surface area (Å²) in [6.45, 7) is 1.57. The number of halogens is 1. The number of primary amides is 1. The van der Waals surface area contributed by atoms with Crippen molar-refractivity contribution in [1.82, 2.24) is 15.0 Å². The van der Waals surface area contributed by atoms with Crippen LogP contribution in [-0.4, -0.2) is 40.2 Å². The summed E-state index contributed by atoms with van der Waals surface area (Å²) in [5, 5.41) is 0.399. The lowest BCUT2D eigenvalue weighted by atomic mass is 10.2. The number of nitrogens with zero attached hydrogens (tertiary/aromatic N) is 4. The minimum Gasteiger partial charge on any atom is -0.446 e. The van der Waals surface area contributed by atoms with E-state index >= 15 is 0 Å². The van der Waals surface area contributed by atoms with Gasteiger partial charge in [0.25, 0.3) is 0 Å². The van der Waals surface area contributed by atoms with Crippen molar-refractivity contribution in [2.45, 2.75) is 25.4 Å². The molecule has 0 saturated carbocycles. The quantitative estimate of drug-likeness (QED) is 0.851. The second-order valence-electron chi connectivity index (χ2n) is 5.18. The molecule has 3 rings (SSSR count). The number of fused-ring (bicyclic) bond motifs is 1. The Bertz CT molecular complexity index is 696. The number of hydrogen-bond donors (Lipinski definition) is 1. The fourth-order valence-electron chi connectivity index (χ4n) is 2.60. The zero-order valence-electron chi connectivity index (χ0n) is 11.9. The third-order valence-corrected chi connectivity index (χ3v) is 3.85. The molecule has 0 radical (unpaired) electrons. The van der Waals surface area contributed by atoms with E-state index in [1.165, 1.54) is 0 Å². The molecule has 8 heteroatoms. The number of amides is 1. The number of anilines is 1. The molecule has 116 valence electrons. The molecule has 1 amide bonds. The maximum absolute atomic E-state index is 10.9. The van der Waals surface area contributed by atoms with Gasteiger partial charge in [0.2, 0.25) is 0 Å². The van der Waals surface area contributed by atoms with Gasteiger partial charge in [-0.2, -0.15) is 0 Å². The Morgan fingerprint density at radius 2 is 2.18 bits per heavy atom. The fourth-order valence-corrected chi connectivity index (χ4v) is 2.74. The summed E-state index contributed by atoms with van der Waals surface area (Å²) >= 11 is 5.85. The van der Waals surface area contributed by atoms with Crippen LogP contribution in [0.2, 0.25) is 5.15 Å². The van der Waals surface area contributed by atoms with Crippen LogP contribution < -0.4 is 10.6 Å². The van der Waals surface area contributed by atoms with Gasteiger partial charge in [0.1, 0.15) is 22.6 Å². The molecule has 0 aromatic carbocycles. The number of ether oxygens (including phenoxy) is 1. The summed E-state index contributed by atoms with van der Waals surface area (Å²) in [5.41, 5.74) is 6.31. The normalized spacial score (nSPS) is 19.0. The van der Waals surface area contributed by atoms with Gasteiger partial charge in [-0.3, -0.25) is 0 Å². The van der Waals surface area contributed by atoms with Crippen LogP contribution in [-0.2, 0) is 4.74 Å². The summed E-state index contributed by atoms with van der Waals surface area (Å²) in [6, 6.07) is 3.50. The lowest BCUT2D eigenvalue weighted by molar-refractivity contribution is 0.0993. The summed E-state index contributed by atoms with van der Waals surface area (Å²) in [7, 11) is 0. The number of carbonyl (C=O) groups is 1. The van der Waals surface area contributed by atoms with Crippen molar-refractivity contribution in [2.75, 3.05) is 18.0 Å². The Hall–Kier alpha value is -2.15. The van der Waals surface area contributed by atoms with Gasteiger partial charge >= 0.3 is 6.09 Å². The first-order chi connectivity index (χ1) is 10.6. The lowest BCUT2D eigenvalue weighted by Crippen LogP contribution is -2.27. The number of pyridine rings is 1. The number of nitrogens with two attached hydrogens (primary N) is 1. The van der Waals surface area contributed by atoms with Crippen molar-refractivity contribution in [2.24, 2.45) is 5.73 Å². The molecule has 1 saturated heterocycles. The third kappa shape index (κ3) is 3.36. The Morgan fingerprint density at radius 3 is 3.00 bits per heavy atom. The van der Waals surface area contributed by atoms with Crippen LogP contribution in [0.5, 0.6) is 0 Å². The summed E-state index contributed by atoms with van der Waals surface area (Å²) in [4.78, 5) is 26.0. The van der Waals surface area contributed by atoms with Gasteiger partial charge < -0.3 is 15.4 Å². The van der Waals surface area contributed by atoms with E-state index < -0.39 is 6.09 Å². The molecule has 2 aromatic rings. The molecule has 7 nitrogen and oxygen atoms in total. The maximum Gasteiger partial charge on any atom is 0.404 e. The van der Waals surface area contributed by atoms with Crippen molar-refractivity contribution < 1.29 is 9.53 Å². The van der Waals surface area contributed by atoms with E-state index in [1.54, 1.807) is 18.3 Å². The highest BCUT2D eigenvalue weighted by Gasteiger charge is 2.20. The monoisotopic (exact) mass is 321 g/mol. The Kier molecular flexibility index (Phi) is 4.24. The highest BCUT2D eigenvalue weighted by Crippen LogP contribution is 2.21. The first-order valence-corrected chi connectivity index (χ1v) is 7.50. The third-order valence-electron chi connectivity index (χ3n) is 3.64. The van der Waals surface area contributed by atoms with Crippen molar-refractivity contribution in [3.05, 3.63) is 23.5 Å². The zero-order chi connectivity index (χ0) is 15.5. The average Bonchev–Trinajstić information content (AvgIpc) is 2.72. The van der Waals surface area contributed by atoms with E-state index in [0.717, 1.165) is 38.2 Å². The molecule has 1 unspecified atom stereocenters. The van der Waals surface area contributed by atoms with Gasteiger partial charge in [0, 0.05) is 19.5 Å². The molecule has 1 atom stereocenters. The van der Waals surface area contributed by atoms with E-state index in [1.807, 2.05) is 0 Å². The standard InChI is InChI=1S/C14H16ClN5O2/c15-11-4-3-10-13(19-11)17-8-12(18-10)20-6-1-2-9(5-7-20)22-14(16)21/h3-4,8-9H,1-2,5-7H2,(H2,16,21). The average molecular weight is 322 g/mol. The smallest absolute Gasteiger partial charge is 0.404 e. The number of hydrogen-bond acceptors (Lipinski definition) is 6. The second kappa shape index (κ2) is 6.31. The van der Waals surface area contributed by atoms with Crippen LogP contribution >= 0.6 is 11.6 Å². The molecule has 0 spiro atoms. The predicted octanol–water partition coefficient (Wildman–Crippen LogP) is 2.13. The van der Waals surface area contributed by atoms with Crippen molar-refractivity contribution in [1.29, 1.82) is 0 Å². The summed E-state index contributed by atoms with van der Waals surface area (Å²) < 4.78 is 5.09. The molecule has 2 N–H and O–H groups in total. The minimum absolute atomic E-state index is 0.128. The minimum atomic E-state index is -0.716. The molecule has 2 aromatic heterocycles. The van der Waals surface area contributed by atoms with Crippen molar-refractivity contribution >= 4 is 34.7 Å². The van der Waals surface area contributed by atoms with Crippen LogP contribution in [0.4, 0.5) is 10.6 Å². The Morgan fingerprint density at radius 1 is 1.32 bits per heavy atom. The van der Waals surface area contributed by atoms with Crippen molar-refractivity contribution in [3.8, 4) is 0 Å². The van der Waals surface area contributed by atoms with E-state index in [9.17, 15) is 4.79 Å². The highest BCUT2D eigenvalue weighted by atomic mass is 35.5. The fraction of sp³-hybridized carbons (Fsp3) is 0.429. The highest BCUT2D eigenvalue weighted by molar-refractivity contribution is 6.29. The molecule has 1 fully saturated rings.